The lowest BCUT2D eigenvalue weighted by Crippen LogP contribution is -1.90. The van der Waals surface area contributed by atoms with Crippen molar-refractivity contribution in [3.05, 3.63) is 29.3 Å². The van der Waals surface area contributed by atoms with Gasteiger partial charge in [-0.25, -0.2) is 0 Å². The number of nitrogens with two attached hydrogens (primary N) is 1. The van der Waals surface area contributed by atoms with Crippen molar-refractivity contribution >= 4 is 5.69 Å². The molecule has 56 valence electrons. The molecule has 0 bridgehead atoms. The highest BCUT2D eigenvalue weighted by molar-refractivity contribution is 5.56. The summed E-state index contributed by atoms with van der Waals surface area (Å²) in [7, 11) is 0. The second kappa shape index (κ2) is 3.07. The molecular formula is C9H8FN. The second-order valence-corrected chi connectivity index (χ2v) is 2.31. The van der Waals surface area contributed by atoms with Gasteiger partial charge in [0.1, 0.15) is 6.17 Å². The highest BCUT2D eigenvalue weighted by atomic mass is 19.1. The molecule has 0 aromatic heterocycles. The summed E-state index contributed by atoms with van der Waals surface area (Å²) >= 11 is 0. The molecule has 1 rings (SSSR count). The van der Waals surface area contributed by atoms with E-state index in [0.717, 1.165) is 5.56 Å². The van der Waals surface area contributed by atoms with E-state index in [4.69, 9.17) is 5.73 Å². The minimum atomic E-state index is 0.523. The quantitative estimate of drug-likeness (QED) is 0.442. The summed E-state index contributed by atoms with van der Waals surface area (Å²) in [6, 6.07) is 5.31. The van der Waals surface area contributed by atoms with Gasteiger partial charge in [0.05, 0.1) is 5.56 Å². The van der Waals surface area contributed by atoms with E-state index < -0.39 is 0 Å². The lowest BCUT2D eigenvalue weighted by Gasteiger charge is -1.97. The lowest BCUT2D eigenvalue weighted by atomic mass is 10.1. The fourth-order valence-corrected chi connectivity index (χ4v) is 0.847. The predicted octanol–water partition coefficient (Wildman–Crippen LogP) is 1.86. The van der Waals surface area contributed by atoms with E-state index in [2.05, 4.69) is 5.92 Å². The molecule has 2 heteroatoms. The molecule has 0 saturated carbocycles. The van der Waals surface area contributed by atoms with Gasteiger partial charge in [0.25, 0.3) is 0 Å². The van der Waals surface area contributed by atoms with Crippen LogP contribution in [0, 0.1) is 19.0 Å². The van der Waals surface area contributed by atoms with Gasteiger partial charge < -0.3 is 5.73 Å². The molecule has 0 spiro atoms. The number of anilines is 1. The number of nitrogen functional groups attached to an aromatic ring is 1. The van der Waals surface area contributed by atoms with E-state index in [9.17, 15) is 4.39 Å². The summed E-state index contributed by atoms with van der Waals surface area (Å²) < 4.78 is 11.5. The third kappa shape index (κ3) is 1.71. The summed E-state index contributed by atoms with van der Waals surface area (Å²) in [5.74, 6) is 2.26. The van der Waals surface area contributed by atoms with Crippen molar-refractivity contribution in [3.63, 3.8) is 0 Å². The van der Waals surface area contributed by atoms with E-state index in [1.54, 1.807) is 12.1 Å². The van der Waals surface area contributed by atoms with Crippen molar-refractivity contribution in [3.8, 4) is 12.1 Å². The molecule has 0 unspecified atom stereocenters. The minimum absolute atomic E-state index is 0.523. The molecule has 0 saturated heterocycles. The van der Waals surface area contributed by atoms with Crippen molar-refractivity contribution in [2.45, 2.75) is 6.92 Å². The Labute approximate surface area is 65.0 Å². The summed E-state index contributed by atoms with van der Waals surface area (Å²) in [6.45, 7) is 1.92. The lowest BCUT2D eigenvalue weighted by molar-refractivity contribution is 0.774. The van der Waals surface area contributed by atoms with Gasteiger partial charge >= 0.3 is 0 Å². The first-order valence-corrected chi connectivity index (χ1v) is 3.22. The summed E-state index contributed by atoms with van der Waals surface area (Å²) in [5.41, 5.74) is 7.65. The van der Waals surface area contributed by atoms with E-state index in [-0.39, 0.29) is 0 Å². The summed E-state index contributed by atoms with van der Waals surface area (Å²) in [5, 5.41) is 0. The predicted molar refractivity (Wildman–Crippen MR) is 43.6 cm³/mol. The summed E-state index contributed by atoms with van der Waals surface area (Å²) in [4.78, 5) is 0. The van der Waals surface area contributed by atoms with Gasteiger partial charge in [-0.2, -0.15) is 0 Å². The van der Waals surface area contributed by atoms with Crippen molar-refractivity contribution < 1.29 is 4.39 Å². The van der Waals surface area contributed by atoms with Gasteiger partial charge in [0.15, 0.2) is 0 Å². The van der Waals surface area contributed by atoms with E-state index in [0.29, 0.717) is 11.3 Å². The maximum atomic E-state index is 11.5. The third-order valence-corrected chi connectivity index (χ3v) is 1.39. The number of halogens is 1. The zero-order valence-electron chi connectivity index (χ0n) is 6.19. The average Bonchev–Trinajstić information content (AvgIpc) is 1.95. The maximum absolute atomic E-state index is 11.5. The van der Waals surface area contributed by atoms with Crippen molar-refractivity contribution in [2.75, 3.05) is 5.73 Å². The van der Waals surface area contributed by atoms with E-state index in [1.807, 2.05) is 13.0 Å². The molecule has 0 atom stereocenters. The van der Waals surface area contributed by atoms with Gasteiger partial charge in [-0.3, -0.25) is 0 Å². The molecule has 2 N–H and O–H groups in total. The van der Waals surface area contributed by atoms with Gasteiger partial charge in [0, 0.05) is 5.69 Å². The number of benzene rings is 1. The Morgan fingerprint density at radius 1 is 1.45 bits per heavy atom. The maximum Gasteiger partial charge on any atom is 0.111 e. The monoisotopic (exact) mass is 149 g/mol. The minimum Gasteiger partial charge on any atom is -0.398 e. The van der Waals surface area contributed by atoms with Gasteiger partial charge in [0.2, 0.25) is 0 Å². The Morgan fingerprint density at radius 2 is 2.18 bits per heavy atom. The molecule has 0 fully saturated rings. The zero-order valence-corrected chi connectivity index (χ0v) is 6.19. The molecule has 1 aromatic rings. The van der Waals surface area contributed by atoms with Crippen LogP contribution >= 0.6 is 0 Å². The Morgan fingerprint density at radius 3 is 2.73 bits per heavy atom. The van der Waals surface area contributed by atoms with Crippen LogP contribution in [0.5, 0.6) is 0 Å². The number of rotatable bonds is 0. The smallest absolute Gasteiger partial charge is 0.111 e. The Balaban J connectivity index is 3.16. The Kier molecular flexibility index (Phi) is 2.12. The molecule has 0 heterocycles. The first kappa shape index (κ1) is 7.62. The van der Waals surface area contributed by atoms with Crippen LogP contribution in [0.4, 0.5) is 10.1 Å². The number of hydrogen-bond donors (Lipinski definition) is 1. The highest BCUT2D eigenvalue weighted by Gasteiger charge is 1.93. The summed E-state index contributed by atoms with van der Waals surface area (Å²) in [6.07, 6.45) is 1.31. The van der Waals surface area contributed by atoms with Crippen LogP contribution < -0.4 is 5.73 Å². The van der Waals surface area contributed by atoms with Crippen LogP contribution in [0.3, 0.4) is 0 Å². The highest BCUT2D eigenvalue weighted by Crippen LogP contribution is 2.11. The van der Waals surface area contributed by atoms with Crippen molar-refractivity contribution in [1.82, 2.24) is 0 Å². The van der Waals surface area contributed by atoms with E-state index in [1.165, 1.54) is 6.17 Å². The van der Waals surface area contributed by atoms with Crippen LogP contribution in [0.1, 0.15) is 11.1 Å². The largest absolute Gasteiger partial charge is 0.398 e. The molecule has 0 aliphatic heterocycles. The Hall–Kier alpha value is -1.49. The van der Waals surface area contributed by atoms with Crippen LogP contribution in [0.2, 0.25) is 0 Å². The number of hydrogen-bond acceptors (Lipinski definition) is 1. The van der Waals surface area contributed by atoms with Crippen molar-refractivity contribution in [1.29, 1.82) is 0 Å². The van der Waals surface area contributed by atoms with Crippen LogP contribution in [0.15, 0.2) is 18.2 Å². The first-order chi connectivity index (χ1) is 5.24. The molecule has 11 heavy (non-hydrogen) atoms. The van der Waals surface area contributed by atoms with Crippen molar-refractivity contribution in [2.24, 2.45) is 0 Å². The van der Waals surface area contributed by atoms with E-state index >= 15 is 0 Å². The van der Waals surface area contributed by atoms with Crippen LogP contribution in [0.25, 0.3) is 0 Å². The fourth-order valence-electron chi connectivity index (χ4n) is 0.847. The van der Waals surface area contributed by atoms with Crippen LogP contribution in [-0.4, -0.2) is 0 Å². The molecule has 0 aliphatic rings. The topological polar surface area (TPSA) is 26.0 Å². The second-order valence-electron chi connectivity index (χ2n) is 2.31. The molecule has 0 radical (unpaired) electrons. The zero-order chi connectivity index (χ0) is 8.27. The fraction of sp³-hybridized carbons (Fsp3) is 0.111. The SMILES string of the molecule is Cc1ccc(C#CF)c(N)c1. The molecule has 0 aliphatic carbocycles. The van der Waals surface area contributed by atoms with Gasteiger partial charge in [-0.1, -0.05) is 6.07 Å². The first-order valence-electron chi connectivity index (χ1n) is 3.22. The Bertz CT molecular complexity index is 320. The molecule has 0 amide bonds. The normalized spacial score (nSPS) is 8.55. The molecule has 1 aromatic carbocycles. The molecule has 1 nitrogen and oxygen atoms in total. The average molecular weight is 149 g/mol. The van der Waals surface area contributed by atoms with Crippen LogP contribution in [-0.2, 0) is 0 Å². The standard InChI is InChI=1S/C9H8FN/c1-7-2-3-8(4-5-10)9(11)6-7/h2-3,6H,11H2,1H3. The third-order valence-electron chi connectivity index (χ3n) is 1.39. The molecular weight excluding hydrogens is 141 g/mol. The number of aryl methyl sites for hydroxylation is 1. The van der Waals surface area contributed by atoms with Gasteiger partial charge in [-0.15, -0.1) is 4.39 Å². The van der Waals surface area contributed by atoms with Gasteiger partial charge in [-0.05, 0) is 30.5 Å².